The van der Waals surface area contributed by atoms with Crippen LogP contribution in [0.4, 0.5) is 5.69 Å². The van der Waals surface area contributed by atoms with E-state index in [2.05, 4.69) is 10.2 Å². The van der Waals surface area contributed by atoms with Crippen LogP contribution in [0.1, 0.15) is 36.8 Å². The largest absolute Gasteiger partial charge is 0.481 e. The van der Waals surface area contributed by atoms with Crippen molar-refractivity contribution < 1.29 is 14.7 Å². The molecule has 5 nitrogen and oxygen atoms in total. The minimum atomic E-state index is -0.741. The molecule has 1 aromatic rings. The van der Waals surface area contributed by atoms with Crippen LogP contribution in [0.15, 0.2) is 18.2 Å². The van der Waals surface area contributed by atoms with Gasteiger partial charge in [0.05, 0.1) is 6.54 Å². The number of carboxylic acid groups (broad SMARTS) is 1. The van der Waals surface area contributed by atoms with E-state index in [0.29, 0.717) is 18.9 Å². The second-order valence-electron chi connectivity index (χ2n) is 6.52. The van der Waals surface area contributed by atoms with E-state index < -0.39 is 5.97 Å². The molecule has 0 saturated carbocycles. The molecule has 2 N–H and O–H groups in total. The van der Waals surface area contributed by atoms with Crippen molar-refractivity contribution in [3.63, 3.8) is 0 Å². The number of carboxylic acids is 1. The molecule has 1 amide bonds. The van der Waals surface area contributed by atoms with E-state index in [1.807, 2.05) is 32.0 Å². The Morgan fingerprint density at radius 3 is 2.78 bits per heavy atom. The summed E-state index contributed by atoms with van der Waals surface area (Å²) >= 11 is 0. The number of hydrogen-bond donors (Lipinski definition) is 2. The van der Waals surface area contributed by atoms with E-state index in [4.69, 9.17) is 5.11 Å². The zero-order valence-electron chi connectivity index (χ0n) is 14.0. The molecular formula is C18H26N2O3. The summed E-state index contributed by atoms with van der Waals surface area (Å²) in [5.74, 6) is -0.365. The van der Waals surface area contributed by atoms with Gasteiger partial charge in [0.2, 0.25) is 5.91 Å². The summed E-state index contributed by atoms with van der Waals surface area (Å²) in [5.41, 5.74) is 3.20. The Hall–Kier alpha value is -1.88. The van der Waals surface area contributed by atoms with Crippen molar-refractivity contribution in [1.29, 1.82) is 0 Å². The number of benzene rings is 1. The summed E-state index contributed by atoms with van der Waals surface area (Å²) in [6.45, 7) is 6.17. The van der Waals surface area contributed by atoms with Gasteiger partial charge in [-0.1, -0.05) is 6.07 Å². The molecule has 1 atom stereocenters. The Bertz CT molecular complexity index is 571. The third-order valence-electron chi connectivity index (χ3n) is 4.53. The summed E-state index contributed by atoms with van der Waals surface area (Å²) < 4.78 is 0. The number of nitrogens with one attached hydrogen (secondary N) is 1. The summed E-state index contributed by atoms with van der Waals surface area (Å²) in [6, 6.07) is 5.92. The first kappa shape index (κ1) is 17.5. The lowest BCUT2D eigenvalue weighted by Crippen LogP contribution is -2.40. The van der Waals surface area contributed by atoms with Gasteiger partial charge in [0.15, 0.2) is 0 Å². The van der Waals surface area contributed by atoms with E-state index in [0.717, 1.165) is 37.2 Å². The van der Waals surface area contributed by atoms with Gasteiger partial charge >= 0.3 is 5.97 Å². The Morgan fingerprint density at radius 2 is 2.09 bits per heavy atom. The molecule has 23 heavy (non-hydrogen) atoms. The number of amides is 1. The molecule has 1 fully saturated rings. The number of piperidine rings is 1. The average molecular weight is 318 g/mol. The molecule has 1 aliphatic rings. The summed E-state index contributed by atoms with van der Waals surface area (Å²) in [6.07, 6.45) is 3.00. The molecule has 0 radical (unpaired) electrons. The van der Waals surface area contributed by atoms with Gasteiger partial charge in [-0.05, 0) is 68.8 Å². The highest BCUT2D eigenvalue weighted by molar-refractivity contribution is 5.92. The van der Waals surface area contributed by atoms with Gasteiger partial charge in [-0.15, -0.1) is 0 Å². The molecule has 0 aromatic heterocycles. The van der Waals surface area contributed by atoms with Gasteiger partial charge in [-0.25, -0.2) is 0 Å². The smallest absolute Gasteiger partial charge is 0.303 e. The van der Waals surface area contributed by atoms with E-state index >= 15 is 0 Å². The molecule has 1 aromatic carbocycles. The molecule has 1 unspecified atom stereocenters. The summed E-state index contributed by atoms with van der Waals surface area (Å²) in [7, 11) is 0. The zero-order valence-corrected chi connectivity index (χ0v) is 14.0. The van der Waals surface area contributed by atoms with Crippen molar-refractivity contribution in [3.8, 4) is 0 Å². The normalized spacial score (nSPS) is 18.6. The molecule has 2 rings (SSSR count). The van der Waals surface area contributed by atoms with E-state index in [1.54, 1.807) is 0 Å². The van der Waals surface area contributed by atoms with Crippen LogP contribution in [0.5, 0.6) is 0 Å². The third-order valence-corrected chi connectivity index (χ3v) is 4.53. The van der Waals surface area contributed by atoms with Gasteiger partial charge in [0.1, 0.15) is 0 Å². The fraction of sp³-hybridized carbons (Fsp3) is 0.556. The van der Waals surface area contributed by atoms with E-state index in [9.17, 15) is 9.59 Å². The zero-order chi connectivity index (χ0) is 16.8. The van der Waals surface area contributed by atoms with Crippen LogP contribution >= 0.6 is 0 Å². The standard InChI is InChI=1S/C18H26N2O3/c1-13-5-7-16(10-14(13)2)19-17(21)12-20-9-3-4-15(11-20)6-8-18(22)23/h5,7,10,15H,3-4,6,8-9,11-12H2,1-2H3,(H,19,21)(H,22,23). The number of aryl methyl sites for hydroxylation is 2. The minimum Gasteiger partial charge on any atom is -0.481 e. The molecule has 0 bridgehead atoms. The number of aliphatic carboxylic acids is 1. The van der Waals surface area contributed by atoms with Crippen molar-refractivity contribution in [2.24, 2.45) is 5.92 Å². The van der Waals surface area contributed by atoms with Crippen LogP contribution < -0.4 is 5.32 Å². The average Bonchev–Trinajstić information content (AvgIpc) is 2.49. The molecule has 0 aliphatic carbocycles. The minimum absolute atomic E-state index is 0.00728. The lowest BCUT2D eigenvalue weighted by atomic mass is 9.93. The molecule has 126 valence electrons. The molecular weight excluding hydrogens is 292 g/mol. The number of carbonyl (C=O) groups excluding carboxylic acids is 1. The van der Waals surface area contributed by atoms with Crippen molar-refractivity contribution in [2.45, 2.75) is 39.5 Å². The predicted octanol–water partition coefficient (Wildman–Crippen LogP) is 2.82. The monoisotopic (exact) mass is 318 g/mol. The maximum Gasteiger partial charge on any atom is 0.303 e. The maximum absolute atomic E-state index is 12.2. The van der Waals surface area contributed by atoms with Crippen molar-refractivity contribution in [1.82, 2.24) is 4.90 Å². The molecule has 5 heteroatoms. The van der Waals surface area contributed by atoms with E-state index in [-0.39, 0.29) is 12.3 Å². The molecule has 1 saturated heterocycles. The third kappa shape index (κ3) is 5.67. The summed E-state index contributed by atoms with van der Waals surface area (Å²) in [5, 5.41) is 11.7. The Balaban J connectivity index is 1.82. The van der Waals surface area contributed by atoms with Crippen LogP contribution in [0.25, 0.3) is 0 Å². The van der Waals surface area contributed by atoms with Crippen LogP contribution in [0, 0.1) is 19.8 Å². The number of rotatable bonds is 6. The quantitative estimate of drug-likeness (QED) is 0.846. The van der Waals surface area contributed by atoms with Crippen molar-refractivity contribution >= 4 is 17.6 Å². The molecule has 1 aliphatic heterocycles. The maximum atomic E-state index is 12.2. The number of anilines is 1. The first-order valence-corrected chi connectivity index (χ1v) is 8.25. The summed E-state index contributed by atoms with van der Waals surface area (Å²) in [4.78, 5) is 25.0. The first-order valence-electron chi connectivity index (χ1n) is 8.25. The van der Waals surface area contributed by atoms with Crippen LogP contribution in [0.3, 0.4) is 0 Å². The second kappa shape index (κ2) is 8.11. The Labute approximate surface area is 137 Å². The number of carbonyl (C=O) groups is 2. The second-order valence-corrected chi connectivity index (χ2v) is 6.52. The number of hydrogen-bond acceptors (Lipinski definition) is 3. The Kier molecular flexibility index (Phi) is 6.16. The van der Waals surface area contributed by atoms with Crippen molar-refractivity contribution in [2.75, 3.05) is 25.0 Å². The lowest BCUT2D eigenvalue weighted by Gasteiger charge is -2.32. The van der Waals surface area contributed by atoms with Crippen LogP contribution in [0.2, 0.25) is 0 Å². The fourth-order valence-corrected chi connectivity index (χ4v) is 3.08. The lowest BCUT2D eigenvalue weighted by molar-refractivity contribution is -0.137. The van der Waals surface area contributed by atoms with E-state index in [1.165, 1.54) is 5.56 Å². The predicted molar refractivity (Wildman–Crippen MR) is 90.6 cm³/mol. The molecule has 0 spiro atoms. The van der Waals surface area contributed by atoms with Crippen LogP contribution in [-0.2, 0) is 9.59 Å². The van der Waals surface area contributed by atoms with Crippen molar-refractivity contribution in [3.05, 3.63) is 29.3 Å². The van der Waals surface area contributed by atoms with Gasteiger partial charge < -0.3 is 10.4 Å². The van der Waals surface area contributed by atoms with Gasteiger partial charge in [-0.3, -0.25) is 14.5 Å². The van der Waals surface area contributed by atoms with Gasteiger partial charge in [-0.2, -0.15) is 0 Å². The Morgan fingerprint density at radius 1 is 1.30 bits per heavy atom. The highest BCUT2D eigenvalue weighted by Gasteiger charge is 2.22. The number of nitrogens with zero attached hydrogens (tertiary/aromatic N) is 1. The number of likely N-dealkylation sites (tertiary alicyclic amines) is 1. The van der Waals surface area contributed by atoms with Gasteiger partial charge in [0.25, 0.3) is 0 Å². The highest BCUT2D eigenvalue weighted by atomic mass is 16.4. The fourth-order valence-electron chi connectivity index (χ4n) is 3.08. The SMILES string of the molecule is Cc1ccc(NC(=O)CN2CCCC(CCC(=O)O)C2)cc1C. The molecule has 1 heterocycles. The van der Waals surface area contributed by atoms with Gasteiger partial charge in [0, 0.05) is 18.7 Å². The highest BCUT2D eigenvalue weighted by Crippen LogP contribution is 2.21. The van der Waals surface area contributed by atoms with Crippen LogP contribution in [-0.4, -0.2) is 41.5 Å². The first-order chi connectivity index (χ1) is 10.9. The topological polar surface area (TPSA) is 69.6 Å².